The first-order chi connectivity index (χ1) is 15.9. The van der Waals surface area contributed by atoms with Crippen molar-refractivity contribution in [1.29, 1.82) is 0 Å². The Kier molecular flexibility index (Phi) is 5.69. The SMILES string of the molecule is COC(O)=c1ccc(=Cc2oc3cc(OC(=O)c4ccc([N+](=O)[O-])cc4)ccc3c2[O-])cc1. The number of ether oxygens (including phenoxy) is 2. The Bertz CT molecular complexity index is 1460. The van der Waals surface area contributed by atoms with E-state index in [1.54, 1.807) is 30.3 Å². The van der Waals surface area contributed by atoms with E-state index < -0.39 is 10.9 Å². The molecule has 1 aromatic heterocycles. The van der Waals surface area contributed by atoms with Gasteiger partial charge in [-0.25, -0.2) is 4.79 Å². The Balaban J connectivity index is 1.60. The lowest BCUT2D eigenvalue weighted by Gasteiger charge is -2.05. The summed E-state index contributed by atoms with van der Waals surface area (Å²) in [6.45, 7) is 0. The van der Waals surface area contributed by atoms with Crippen molar-refractivity contribution in [2.24, 2.45) is 0 Å². The van der Waals surface area contributed by atoms with Crippen LogP contribution in [-0.4, -0.2) is 23.1 Å². The monoisotopic (exact) mass is 446 g/mol. The van der Waals surface area contributed by atoms with Gasteiger partial charge in [-0.1, -0.05) is 17.9 Å². The minimum Gasteiger partial charge on any atom is -0.869 e. The number of rotatable bonds is 5. The maximum absolute atomic E-state index is 12.6. The molecular formula is C24H16NO8-. The summed E-state index contributed by atoms with van der Waals surface area (Å²) in [5.74, 6) is -1.00. The summed E-state index contributed by atoms with van der Waals surface area (Å²) in [7, 11) is 1.35. The van der Waals surface area contributed by atoms with Crippen molar-refractivity contribution in [3.05, 3.63) is 98.6 Å². The van der Waals surface area contributed by atoms with Crippen molar-refractivity contribution in [2.45, 2.75) is 0 Å². The number of furan rings is 1. The summed E-state index contributed by atoms with van der Waals surface area (Å²) in [6, 6.07) is 16.0. The molecule has 4 rings (SSSR count). The zero-order chi connectivity index (χ0) is 23.5. The van der Waals surface area contributed by atoms with Gasteiger partial charge in [-0.05, 0) is 47.7 Å². The Labute approximate surface area is 186 Å². The highest BCUT2D eigenvalue weighted by atomic mass is 16.6. The Morgan fingerprint density at radius 2 is 1.76 bits per heavy atom. The number of fused-ring (bicyclic) bond motifs is 1. The van der Waals surface area contributed by atoms with Crippen molar-refractivity contribution in [2.75, 3.05) is 7.11 Å². The van der Waals surface area contributed by atoms with E-state index in [4.69, 9.17) is 13.9 Å². The molecule has 9 heteroatoms. The normalized spacial score (nSPS) is 10.6. The van der Waals surface area contributed by atoms with Gasteiger partial charge in [-0.3, -0.25) is 10.1 Å². The van der Waals surface area contributed by atoms with Crippen LogP contribution in [0, 0.1) is 10.1 Å². The lowest BCUT2D eigenvalue weighted by Crippen LogP contribution is -2.11. The number of hydrogen-bond acceptors (Lipinski definition) is 8. The summed E-state index contributed by atoms with van der Waals surface area (Å²) < 4.78 is 15.7. The molecule has 0 unspecified atom stereocenters. The van der Waals surface area contributed by atoms with Crippen LogP contribution in [0.5, 0.6) is 11.5 Å². The van der Waals surface area contributed by atoms with Gasteiger partial charge in [0.1, 0.15) is 17.1 Å². The summed E-state index contributed by atoms with van der Waals surface area (Å²) in [6.07, 6.45) is 1.55. The third-order valence-corrected chi connectivity index (χ3v) is 4.81. The number of benzene rings is 3. The second kappa shape index (κ2) is 8.75. The van der Waals surface area contributed by atoms with Crippen LogP contribution in [0.2, 0.25) is 0 Å². The number of aliphatic hydroxyl groups excluding tert-OH is 1. The molecule has 0 bridgehead atoms. The fraction of sp³-hybridized carbons (Fsp3) is 0.0417. The largest absolute Gasteiger partial charge is 0.869 e. The van der Waals surface area contributed by atoms with Crippen molar-refractivity contribution in [1.82, 2.24) is 0 Å². The topological polar surface area (TPSA) is 135 Å². The maximum Gasteiger partial charge on any atom is 0.343 e. The molecule has 4 aromatic rings. The van der Waals surface area contributed by atoms with Crippen LogP contribution in [0.25, 0.3) is 23.0 Å². The van der Waals surface area contributed by atoms with Crippen LogP contribution in [0.3, 0.4) is 0 Å². The van der Waals surface area contributed by atoms with Gasteiger partial charge >= 0.3 is 5.97 Å². The van der Waals surface area contributed by atoms with Crippen molar-refractivity contribution >= 4 is 34.6 Å². The van der Waals surface area contributed by atoms with E-state index in [0.717, 1.165) is 0 Å². The van der Waals surface area contributed by atoms with Crippen LogP contribution in [0.4, 0.5) is 5.69 Å². The van der Waals surface area contributed by atoms with Gasteiger partial charge in [0.2, 0.25) is 0 Å². The molecule has 1 heterocycles. The third kappa shape index (κ3) is 4.47. The molecule has 0 amide bonds. The number of methoxy groups -OCH3 is 1. The molecule has 9 nitrogen and oxygen atoms in total. The number of non-ortho nitro benzene ring substituents is 1. The second-order valence-electron chi connectivity index (χ2n) is 6.92. The predicted molar refractivity (Wildman–Crippen MR) is 116 cm³/mol. The van der Waals surface area contributed by atoms with Gasteiger partial charge in [0.15, 0.2) is 0 Å². The summed E-state index contributed by atoms with van der Waals surface area (Å²) in [5.41, 5.74) is 0.236. The first-order valence-corrected chi connectivity index (χ1v) is 9.61. The van der Waals surface area contributed by atoms with Gasteiger partial charge < -0.3 is 24.1 Å². The minimum atomic E-state index is -0.707. The average molecular weight is 446 g/mol. The number of hydrogen-bond donors (Lipinski definition) is 1. The summed E-state index contributed by atoms with van der Waals surface area (Å²) in [4.78, 5) is 22.5. The van der Waals surface area contributed by atoms with E-state index >= 15 is 0 Å². The molecule has 0 saturated carbocycles. The molecule has 166 valence electrons. The van der Waals surface area contributed by atoms with Crippen LogP contribution in [0.15, 0.2) is 71.1 Å². The van der Waals surface area contributed by atoms with Crippen LogP contribution < -0.4 is 20.3 Å². The van der Waals surface area contributed by atoms with E-state index in [0.29, 0.717) is 15.8 Å². The fourth-order valence-electron chi connectivity index (χ4n) is 3.11. The number of carbonyl (C=O) groups is 1. The van der Waals surface area contributed by atoms with Crippen molar-refractivity contribution in [3.8, 4) is 11.5 Å². The number of carbonyl (C=O) groups excluding carboxylic acids is 1. The van der Waals surface area contributed by atoms with E-state index in [1.165, 1.54) is 49.6 Å². The number of esters is 1. The number of aliphatic hydroxyl groups is 1. The van der Waals surface area contributed by atoms with E-state index in [1.807, 2.05) is 0 Å². The number of nitrogens with zero attached hydrogens (tertiary/aromatic N) is 1. The maximum atomic E-state index is 12.6. The van der Waals surface area contributed by atoms with Gasteiger partial charge in [-0.2, -0.15) is 0 Å². The van der Waals surface area contributed by atoms with Gasteiger partial charge in [0.25, 0.3) is 11.6 Å². The van der Waals surface area contributed by atoms with E-state index in [-0.39, 0.29) is 40.0 Å². The van der Waals surface area contributed by atoms with Gasteiger partial charge in [0, 0.05) is 23.6 Å². The molecule has 3 aromatic carbocycles. The fourth-order valence-corrected chi connectivity index (χ4v) is 3.11. The molecule has 33 heavy (non-hydrogen) atoms. The first-order valence-electron chi connectivity index (χ1n) is 9.61. The highest BCUT2D eigenvalue weighted by molar-refractivity contribution is 5.93. The molecule has 0 saturated heterocycles. The molecule has 0 aliphatic carbocycles. The highest BCUT2D eigenvalue weighted by Crippen LogP contribution is 2.33. The highest BCUT2D eigenvalue weighted by Gasteiger charge is 2.13. The Morgan fingerprint density at radius 1 is 1.06 bits per heavy atom. The predicted octanol–water partition coefficient (Wildman–Crippen LogP) is 2.73. The molecule has 0 spiro atoms. The quantitative estimate of drug-likeness (QED) is 0.214. The Morgan fingerprint density at radius 3 is 2.39 bits per heavy atom. The zero-order valence-corrected chi connectivity index (χ0v) is 17.2. The molecular weight excluding hydrogens is 430 g/mol. The lowest BCUT2D eigenvalue weighted by atomic mass is 10.2. The minimum absolute atomic E-state index is 0.0940. The molecule has 0 fully saturated rings. The van der Waals surface area contributed by atoms with Gasteiger partial charge in [-0.15, -0.1) is 0 Å². The van der Waals surface area contributed by atoms with E-state index in [2.05, 4.69) is 0 Å². The lowest BCUT2D eigenvalue weighted by molar-refractivity contribution is -0.384. The molecule has 0 aliphatic rings. The van der Waals surface area contributed by atoms with E-state index in [9.17, 15) is 25.1 Å². The standard InChI is InChI=1S/C24H17NO8/c1-31-23(27)15-4-2-14(3-5-15)12-21-22(26)19-11-10-18(13-20(19)33-21)32-24(28)16-6-8-17(9-7-16)25(29)30/h2-13,26-27H,1H3/p-1. The molecule has 0 atom stereocenters. The average Bonchev–Trinajstić information content (AvgIpc) is 3.13. The first kappa shape index (κ1) is 21.4. The van der Waals surface area contributed by atoms with Gasteiger partial charge in [0.05, 0.1) is 22.8 Å². The number of nitro benzene ring substituents is 1. The number of nitro groups is 1. The van der Waals surface area contributed by atoms with Crippen LogP contribution in [0.1, 0.15) is 16.1 Å². The smallest absolute Gasteiger partial charge is 0.343 e. The van der Waals surface area contributed by atoms with Crippen molar-refractivity contribution < 1.29 is 33.8 Å². The Hall–Kier alpha value is -4.79. The van der Waals surface area contributed by atoms with Crippen LogP contribution >= 0.6 is 0 Å². The molecule has 0 aliphatic heterocycles. The van der Waals surface area contributed by atoms with Crippen LogP contribution in [-0.2, 0) is 4.74 Å². The third-order valence-electron chi connectivity index (χ3n) is 4.81. The second-order valence-corrected chi connectivity index (χ2v) is 6.92. The zero-order valence-electron chi connectivity index (χ0n) is 17.2. The summed E-state index contributed by atoms with van der Waals surface area (Å²) in [5, 5.41) is 34.4. The summed E-state index contributed by atoms with van der Waals surface area (Å²) >= 11 is 0. The molecule has 0 radical (unpaired) electrons. The molecule has 1 N–H and O–H groups in total. The van der Waals surface area contributed by atoms with Crippen molar-refractivity contribution in [3.63, 3.8) is 0 Å².